The van der Waals surface area contributed by atoms with E-state index < -0.39 is 0 Å². The van der Waals surface area contributed by atoms with E-state index >= 15 is 0 Å². The third kappa shape index (κ3) is 3.30. The zero-order chi connectivity index (χ0) is 13.1. The molecular weight excluding hydrogens is 354 g/mol. The lowest BCUT2D eigenvalue weighted by molar-refractivity contribution is 0.311. The number of alkyl halides is 1. The number of hydrogen-bond acceptors (Lipinski definition) is 1. The highest BCUT2D eigenvalue weighted by Gasteiger charge is 2.22. The smallest absolute Gasteiger partial charge is 0.0418 e. The Labute approximate surface area is 127 Å². The van der Waals surface area contributed by atoms with Crippen LogP contribution in [0.25, 0.3) is 0 Å². The maximum Gasteiger partial charge on any atom is 0.0418 e. The lowest BCUT2D eigenvalue weighted by Gasteiger charge is -2.36. The van der Waals surface area contributed by atoms with Crippen molar-refractivity contribution in [3.8, 4) is 0 Å². The van der Waals surface area contributed by atoms with E-state index in [1.165, 1.54) is 41.7 Å². The van der Waals surface area contributed by atoms with Gasteiger partial charge in [-0.2, -0.15) is 0 Å². The Morgan fingerprint density at radius 1 is 1.28 bits per heavy atom. The van der Waals surface area contributed by atoms with Crippen LogP contribution in [0.15, 0.2) is 22.7 Å². The number of anilines is 1. The Hall–Kier alpha value is -0.0200. The zero-order valence-corrected chi connectivity index (χ0v) is 14.3. The predicted octanol–water partition coefficient (Wildman–Crippen LogP) is 5.22. The first-order chi connectivity index (χ1) is 8.61. The number of hydrogen-bond donors (Lipinski definition) is 0. The first-order valence-electron chi connectivity index (χ1n) is 6.71. The molecule has 0 aromatic heterocycles. The van der Waals surface area contributed by atoms with Gasteiger partial charge in [0.15, 0.2) is 0 Å². The summed E-state index contributed by atoms with van der Waals surface area (Å²) in [5.41, 5.74) is 2.78. The standard InChI is InChI=1S/C15H21Br2N/c1-11(2)12-5-7-18(8-6-12)15-9-14(17)4-3-13(15)10-16/h3-4,9,11-12H,5-8,10H2,1-2H3. The molecule has 0 N–H and O–H groups in total. The van der Waals surface area contributed by atoms with Crippen molar-refractivity contribution in [2.75, 3.05) is 18.0 Å². The van der Waals surface area contributed by atoms with E-state index in [9.17, 15) is 0 Å². The molecule has 0 spiro atoms. The Morgan fingerprint density at radius 3 is 2.50 bits per heavy atom. The van der Waals surface area contributed by atoms with Gasteiger partial charge in [0, 0.05) is 28.6 Å². The molecular formula is C15H21Br2N. The fourth-order valence-corrected chi connectivity index (χ4v) is 3.57. The molecule has 0 unspecified atom stereocenters. The van der Waals surface area contributed by atoms with E-state index in [4.69, 9.17) is 0 Å². The van der Waals surface area contributed by atoms with Gasteiger partial charge < -0.3 is 4.90 Å². The van der Waals surface area contributed by atoms with Gasteiger partial charge in [0.05, 0.1) is 0 Å². The average molecular weight is 375 g/mol. The molecule has 1 nitrogen and oxygen atoms in total. The van der Waals surface area contributed by atoms with Crippen LogP contribution in [0.5, 0.6) is 0 Å². The number of benzene rings is 1. The lowest BCUT2D eigenvalue weighted by atomic mass is 9.86. The third-order valence-corrected chi connectivity index (χ3v) is 5.11. The van der Waals surface area contributed by atoms with Crippen LogP contribution >= 0.6 is 31.9 Å². The Kier molecular flexibility index (Phi) is 5.14. The van der Waals surface area contributed by atoms with Crippen molar-refractivity contribution in [2.24, 2.45) is 11.8 Å². The minimum Gasteiger partial charge on any atom is -0.371 e. The maximum absolute atomic E-state index is 3.59. The number of rotatable bonds is 3. The van der Waals surface area contributed by atoms with Crippen LogP contribution in [0.4, 0.5) is 5.69 Å². The van der Waals surface area contributed by atoms with Crippen molar-refractivity contribution < 1.29 is 0 Å². The highest BCUT2D eigenvalue weighted by atomic mass is 79.9. The quantitative estimate of drug-likeness (QED) is 0.656. The Morgan fingerprint density at radius 2 is 1.94 bits per heavy atom. The second-order valence-electron chi connectivity index (χ2n) is 5.48. The van der Waals surface area contributed by atoms with Gasteiger partial charge in [-0.05, 0) is 42.4 Å². The molecule has 2 rings (SSSR count). The third-order valence-electron chi connectivity index (χ3n) is 4.01. The molecule has 100 valence electrons. The van der Waals surface area contributed by atoms with Crippen molar-refractivity contribution in [1.29, 1.82) is 0 Å². The molecule has 0 aliphatic carbocycles. The highest BCUT2D eigenvalue weighted by Crippen LogP contribution is 2.32. The summed E-state index contributed by atoms with van der Waals surface area (Å²) in [5.74, 6) is 1.73. The topological polar surface area (TPSA) is 3.24 Å². The molecule has 1 aliphatic rings. The molecule has 1 aromatic rings. The van der Waals surface area contributed by atoms with Gasteiger partial charge in [-0.15, -0.1) is 0 Å². The normalized spacial score (nSPS) is 17.5. The van der Waals surface area contributed by atoms with Crippen LogP contribution < -0.4 is 4.90 Å². The average Bonchev–Trinajstić information content (AvgIpc) is 2.39. The monoisotopic (exact) mass is 373 g/mol. The number of nitrogens with zero attached hydrogens (tertiary/aromatic N) is 1. The summed E-state index contributed by atoms with van der Waals surface area (Å²) in [6.07, 6.45) is 2.65. The number of piperidine rings is 1. The van der Waals surface area contributed by atoms with Gasteiger partial charge in [0.25, 0.3) is 0 Å². The summed E-state index contributed by atoms with van der Waals surface area (Å²) >= 11 is 7.18. The van der Waals surface area contributed by atoms with E-state index in [2.05, 4.69) is 68.8 Å². The molecule has 0 atom stereocenters. The molecule has 1 heterocycles. The maximum atomic E-state index is 3.59. The van der Waals surface area contributed by atoms with Crippen molar-refractivity contribution >= 4 is 37.5 Å². The van der Waals surface area contributed by atoms with Gasteiger partial charge in [-0.1, -0.05) is 51.8 Å². The van der Waals surface area contributed by atoms with Crippen LogP contribution in [-0.4, -0.2) is 13.1 Å². The van der Waals surface area contributed by atoms with Crippen LogP contribution in [0.3, 0.4) is 0 Å². The molecule has 0 radical (unpaired) electrons. The van der Waals surface area contributed by atoms with Gasteiger partial charge in [-0.3, -0.25) is 0 Å². The molecule has 0 saturated carbocycles. The van der Waals surface area contributed by atoms with E-state index in [0.29, 0.717) is 0 Å². The predicted molar refractivity (Wildman–Crippen MR) is 86.5 cm³/mol. The fraction of sp³-hybridized carbons (Fsp3) is 0.600. The highest BCUT2D eigenvalue weighted by molar-refractivity contribution is 9.10. The van der Waals surface area contributed by atoms with Crippen LogP contribution in [0.1, 0.15) is 32.3 Å². The number of halogens is 2. The summed E-state index contributed by atoms with van der Waals surface area (Å²) in [4.78, 5) is 2.54. The van der Waals surface area contributed by atoms with Crippen molar-refractivity contribution in [3.63, 3.8) is 0 Å². The molecule has 1 saturated heterocycles. The van der Waals surface area contributed by atoms with E-state index in [-0.39, 0.29) is 0 Å². The summed E-state index contributed by atoms with van der Waals surface area (Å²) in [7, 11) is 0. The molecule has 3 heteroatoms. The first kappa shape index (κ1) is 14.4. The largest absolute Gasteiger partial charge is 0.371 e. The summed E-state index contributed by atoms with van der Waals surface area (Å²) in [6.45, 7) is 7.09. The zero-order valence-electron chi connectivity index (χ0n) is 11.1. The fourth-order valence-electron chi connectivity index (χ4n) is 2.75. The molecule has 18 heavy (non-hydrogen) atoms. The first-order valence-corrected chi connectivity index (χ1v) is 8.62. The minimum absolute atomic E-state index is 0.824. The Balaban J connectivity index is 2.11. The van der Waals surface area contributed by atoms with E-state index in [0.717, 1.165) is 17.2 Å². The van der Waals surface area contributed by atoms with Crippen molar-refractivity contribution in [2.45, 2.75) is 32.0 Å². The second-order valence-corrected chi connectivity index (χ2v) is 6.95. The van der Waals surface area contributed by atoms with Crippen LogP contribution in [-0.2, 0) is 5.33 Å². The summed E-state index contributed by atoms with van der Waals surface area (Å²) < 4.78 is 1.17. The molecule has 1 aromatic carbocycles. The summed E-state index contributed by atoms with van der Waals surface area (Å²) in [5, 5.41) is 0.930. The summed E-state index contributed by atoms with van der Waals surface area (Å²) in [6, 6.07) is 6.59. The van der Waals surface area contributed by atoms with Crippen LogP contribution in [0, 0.1) is 11.8 Å². The van der Waals surface area contributed by atoms with E-state index in [1.54, 1.807) is 0 Å². The van der Waals surface area contributed by atoms with Gasteiger partial charge in [0.1, 0.15) is 0 Å². The second kappa shape index (κ2) is 6.42. The van der Waals surface area contributed by atoms with Crippen molar-refractivity contribution in [1.82, 2.24) is 0 Å². The molecule has 1 fully saturated rings. The van der Waals surface area contributed by atoms with Gasteiger partial charge in [-0.25, -0.2) is 0 Å². The minimum atomic E-state index is 0.824. The van der Waals surface area contributed by atoms with Gasteiger partial charge >= 0.3 is 0 Å². The van der Waals surface area contributed by atoms with E-state index in [1.807, 2.05) is 0 Å². The molecule has 0 amide bonds. The molecule has 0 bridgehead atoms. The lowest BCUT2D eigenvalue weighted by Crippen LogP contribution is -2.35. The Bertz CT molecular complexity index is 395. The molecule has 1 aliphatic heterocycles. The van der Waals surface area contributed by atoms with Crippen LogP contribution in [0.2, 0.25) is 0 Å². The SMILES string of the molecule is CC(C)C1CCN(c2cc(Br)ccc2CBr)CC1. The van der Waals surface area contributed by atoms with Gasteiger partial charge in [0.2, 0.25) is 0 Å². The van der Waals surface area contributed by atoms with Crippen molar-refractivity contribution in [3.05, 3.63) is 28.2 Å².